The first-order chi connectivity index (χ1) is 6.09. The van der Waals surface area contributed by atoms with E-state index >= 15 is 0 Å². The van der Waals surface area contributed by atoms with Crippen LogP contribution in [0.5, 0.6) is 0 Å². The highest BCUT2D eigenvalue weighted by Gasteiger charge is 2.12. The molecular weight excluding hydrogens is 211 g/mol. The standard InChI is InChI=1S/C9H8ClFOS/c1-6(12)9(11)13-8-4-2-7(10)3-5-8/h2-5,9H,1H3. The quantitative estimate of drug-likeness (QED) is 0.724. The number of carbonyl (C=O) groups excluding carboxylic acids is 1. The maximum atomic E-state index is 12.9. The summed E-state index contributed by atoms with van der Waals surface area (Å²) in [4.78, 5) is 11.3. The van der Waals surface area contributed by atoms with E-state index < -0.39 is 11.3 Å². The first kappa shape index (κ1) is 10.5. The molecule has 0 fully saturated rings. The lowest BCUT2D eigenvalue weighted by molar-refractivity contribution is -0.118. The van der Waals surface area contributed by atoms with Crippen LogP contribution in [-0.4, -0.2) is 11.3 Å². The van der Waals surface area contributed by atoms with E-state index in [1.165, 1.54) is 6.92 Å². The van der Waals surface area contributed by atoms with Crippen molar-refractivity contribution in [3.05, 3.63) is 29.3 Å². The van der Waals surface area contributed by atoms with Gasteiger partial charge < -0.3 is 0 Å². The van der Waals surface area contributed by atoms with Crippen molar-refractivity contribution >= 4 is 29.1 Å². The molecule has 1 aromatic rings. The molecule has 0 heterocycles. The van der Waals surface area contributed by atoms with Gasteiger partial charge in [0, 0.05) is 9.92 Å². The summed E-state index contributed by atoms with van der Waals surface area (Å²) in [5, 5.41) is 0.600. The SMILES string of the molecule is CC(=O)C(F)Sc1ccc(Cl)cc1. The van der Waals surface area contributed by atoms with Gasteiger partial charge in [-0.15, -0.1) is 0 Å². The second-order valence-corrected chi connectivity index (χ2v) is 4.06. The predicted molar refractivity (Wildman–Crippen MR) is 52.9 cm³/mol. The fourth-order valence-electron chi connectivity index (χ4n) is 0.716. The van der Waals surface area contributed by atoms with Crippen molar-refractivity contribution in [3.63, 3.8) is 0 Å². The molecular formula is C9H8ClFOS. The van der Waals surface area contributed by atoms with Gasteiger partial charge in [0.2, 0.25) is 5.50 Å². The fourth-order valence-corrected chi connectivity index (χ4v) is 1.54. The molecule has 0 aliphatic rings. The van der Waals surface area contributed by atoms with Crippen LogP contribution in [0.1, 0.15) is 6.92 Å². The number of carbonyl (C=O) groups is 1. The minimum absolute atomic E-state index is 0.472. The third-order valence-electron chi connectivity index (χ3n) is 1.37. The van der Waals surface area contributed by atoms with Crippen LogP contribution < -0.4 is 0 Å². The van der Waals surface area contributed by atoms with Gasteiger partial charge in [0.15, 0.2) is 5.78 Å². The minimum Gasteiger partial charge on any atom is -0.296 e. The summed E-state index contributed by atoms with van der Waals surface area (Å²) in [6.45, 7) is 1.23. The van der Waals surface area contributed by atoms with E-state index in [0.29, 0.717) is 9.92 Å². The van der Waals surface area contributed by atoms with Crippen LogP contribution in [0.2, 0.25) is 5.02 Å². The number of benzene rings is 1. The highest BCUT2D eigenvalue weighted by Crippen LogP contribution is 2.25. The van der Waals surface area contributed by atoms with E-state index in [9.17, 15) is 9.18 Å². The van der Waals surface area contributed by atoms with Gasteiger partial charge in [0.25, 0.3) is 0 Å². The number of hydrogen-bond donors (Lipinski definition) is 0. The Labute approximate surface area is 85.3 Å². The molecule has 0 saturated carbocycles. The number of halogens is 2. The van der Waals surface area contributed by atoms with Gasteiger partial charge >= 0.3 is 0 Å². The molecule has 4 heteroatoms. The number of ketones is 1. The normalized spacial score (nSPS) is 12.5. The second kappa shape index (κ2) is 4.63. The molecule has 0 saturated heterocycles. The number of alkyl halides is 1. The first-order valence-corrected chi connectivity index (χ1v) is 4.92. The summed E-state index contributed by atoms with van der Waals surface area (Å²) in [6, 6.07) is 6.69. The Morgan fingerprint density at radius 3 is 2.46 bits per heavy atom. The molecule has 0 spiro atoms. The summed E-state index contributed by atoms with van der Waals surface area (Å²) in [5.74, 6) is -0.472. The van der Waals surface area contributed by atoms with Gasteiger partial charge in [0.05, 0.1) is 0 Å². The Balaban J connectivity index is 2.64. The van der Waals surface area contributed by atoms with Gasteiger partial charge in [-0.2, -0.15) is 0 Å². The zero-order valence-electron chi connectivity index (χ0n) is 6.96. The Hall–Kier alpha value is -0.540. The molecule has 0 bridgehead atoms. The molecule has 0 aromatic heterocycles. The maximum absolute atomic E-state index is 12.9. The molecule has 0 aliphatic carbocycles. The van der Waals surface area contributed by atoms with Crippen molar-refractivity contribution in [2.24, 2.45) is 0 Å². The van der Waals surface area contributed by atoms with Gasteiger partial charge in [-0.25, -0.2) is 4.39 Å². The average Bonchev–Trinajstić information content (AvgIpc) is 2.08. The van der Waals surface area contributed by atoms with E-state index in [1.807, 2.05) is 0 Å². The average molecular weight is 219 g/mol. The van der Waals surface area contributed by atoms with Crippen molar-refractivity contribution in [1.82, 2.24) is 0 Å². The third-order valence-corrected chi connectivity index (χ3v) is 2.71. The Morgan fingerprint density at radius 2 is 2.00 bits per heavy atom. The lowest BCUT2D eigenvalue weighted by Crippen LogP contribution is -2.05. The second-order valence-electron chi connectivity index (χ2n) is 2.50. The topological polar surface area (TPSA) is 17.1 Å². The van der Waals surface area contributed by atoms with Crippen LogP contribution in [0.15, 0.2) is 29.2 Å². The number of hydrogen-bond acceptors (Lipinski definition) is 2. The predicted octanol–water partition coefficient (Wildman–Crippen LogP) is 3.32. The number of rotatable bonds is 3. The van der Waals surface area contributed by atoms with Crippen molar-refractivity contribution in [1.29, 1.82) is 0 Å². The molecule has 70 valence electrons. The molecule has 0 radical (unpaired) electrons. The minimum atomic E-state index is -1.49. The Kier molecular flexibility index (Phi) is 3.75. The van der Waals surface area contributed by atoms with Crippen LogP contribution in [0.25, 0.3) is 0 Å². The van der Waals surface area contributed by atoms with E-state index in [4.69, 9.17) is 11.6 Å². The molecule has 1 aromatic carbocycles. The molecule has 1 atom stereocenters. The van der Waals surface area contributed by atoms with Crippen molar-refractivity contribution in [2.75, 3.05) is 0 Å². The lowest BCUT2D eigenvalue weighted by atomic mass is 10.4. The summed E-state index contributed by atoms with van der Waals surface area (Å²) in [5.41, 5.74) is -1.49. The van der Waals surface area contributed by atoms with Crippen LogP contribution in [0, 0.1) is 0 Å². The van der Waals surface area contributed by atoms with Crippen LogP contribution in [-0.2, 0) is 4.79 Å². The van der Waals surface area contributed by atoms with E-state index in [1.54, 1.807) is 24.3 Å². The van der Waals surface area contributed by atoms with E-state index in [-0.39, 0.29) is 0 Å². The molecule has 13 heavy (non-hydrogen) atoms. The van der Waals surface area contributed by atoms with Gasteiger partial charge in [-0.05, 0) is 31.2 Å². The van der Waals surface area contributed by atoms with E-state index in [2.05, 4.69) is 0 Å². The highest BCUT2D eigenvalue weighted by molar-refractivity contribution is 8.00. The smallest absolute Gasteiger partial charge is 0.208 e. The monoisotopic (exact) mass is 218 g/mol. The number of thioether (sulfide) groups is 1. The lowest BCUT2D eigenvalue weighted by Gasteiger charge is -2.03. The Bertz CT molecular complexity index is 299. The molecule has 0 amide bonds. The van der Waals surface area contributed by atoms with Gasteiger partial charge in [-0.1, -0.05) is 23.4 Å². The highest BCUT2D eigenvalue weighted by atomic mass is 35.5. The van der Waals surface area contributed by atoms with Crippen molar-refractivity contribution in [2.45, 2.75) is 17.3 Å². The van der Waals surface area contributed by atoms with E-state index in [0.717, 1.165) is 11.8 Å². The zero-order valence-corrected chi connectivity index (χ0v) is 8.53. The molecule has 0 aliphatic heterocycles. The summed E-state index contributed by atoms with van der Waals surface area (Å²) in [6.07, 6.45) is 0. The summed E-state index contributed by atoms with van der Waals surface area (Å²) in [7, 11) is 0. The summed E-state index contributed by atoms with van der Waals surface area (Å²) >= 11 is 6.53. The molecule has 1 nitrogen and oxygen atoms in total. The first-order valence-electron chi connectivity index (χ1n) is 3.66. The Morgan fingerprint density at radius 1 is 1.46 bits per heavy atom. The zero-order chi connectivity index (χ0) is 9.84. The summed E-state index contributed by atoms with van der Waals surface area (Å²) < 4.78 is 12.9. The fraction of sp³-hybridized carbons (Fsp3) is 0.222. The van der Waals surface area contributed by atoms with Gasteiger partial charge in [-0.3, -0.25) is 4.79 Å². The third kappa shape index (κ3) is 3.36. The number of Topliss-reactive ketones (excluding diaryl/α,β-unsaturated/α-hetero) is 1. The molecule has 1 rings (SSSR count). The van der Waals surface area contributed by atoms with Crippen molar-refractivity contribution in [3.8, 4) is 0 Å². The van der Waals surface area contributed by atoms with Crippen LogP contribution in [0.4, 0.5) is 4.39 Å². The molecule has 0 N–H and O–H groups in total. The van der Waals surface area contributed by atoms with Crippen molar-refractivity contribution < 1.29 is 9.18 Å². The molecule has 1 unspecified atom stereocenters. The largest absolute Gasteiger partial charge is 0.296 e. The van der Waals surface area contributed by atoms with Crippen LogP contribution >= 0.6 is 23.4 Å². The van der Waals surface area contributed by atoms with Crippen LogP contribution in [0.3, 0.4) is 0 Å². The van der Waals surface area contributed by atoms with Gasteiger partial charge in [0.1, 0.15) is 0 Å². The maximum Gasteiger partial charge on any atom is 0.208 e.